The van der Waals surface area contributed by atoms with Gasteiger partial charge in [0.15, 0.2) is 0 Å². The summed E-state index contributed by atoms with van der Waals surface area (Å²) in [7, 11) is 0. The molecule has 0 bridgehead atoms. The molecule has 1 aromatic carbocycles. The van der Waals surface area contributed by atoms with Crippen molar-refractivity contribution in [3.8, 4) is 5.75 Å². The highest BCUT2D eigenvalue weighted by atomic mass is 35.5. The fourth-order valence-corrected chi connectivity index (χ4v) is 1.68. The summed E-state index contributed by atoms with van der Waals surface area (Å²) in [5, 5.41) is 9.47. The molecule has 0 amide bonds. The van der Waals surface area contributed by atoms with E-state index in [-0.39, 0.29) is 12.4 Å². The van der Waals surface area contributed by atoms with Crippen molar-refractivity contribution >= 4 is 12.4 Å². The first kappa shape index (κ1) is 14.3. The monoisotopic (exact) mass is 229 g/mol. The van der Waals surface area contributed by atoms with Crippen LogP contribution in [0.4, 0.5) is 0 Å². The predicted molar refractivity (Wildman–Crippen MR) is 66.6 cm³/mol. The standard InChI is InChI=1S/C12H19NO.ClH/c1-3-4-9(2)10-5-6-12(14)11(7-10)8-13;/h5-7,9,14H,3-4,8,13H2,1-2H3;1H. The van der Waals surface area contributed by atoms with E-state index in [2.05, 4.69) is 13.8 Å². The van der Waals surface area contributed by atoms with E-state index in [1.54, 1.807) is 6.07 Å². The minimum absolute atomic E-state index is 0. The van der Waals surface area contributed by atoms with Crippen molar-refractivity contribution in [2.24, 2.45) is 5.73 Å². The highest BCUT2D eigenvalue weighted by Gasteiger charge is 2.07. The number of nitrogens with two attached hydrogens (primary N) is 1. The van der Waals surface area contributed by atoms with Crippen molar-refractivity contribution in [2.45, 2.75) is 39.2 Å². The van der Waals surface area contributed by atoms with Crippen LogP contribution in [0.3, 0.4) is 0 Å². The summed E-state index contributed by atoms with van der Waals surface area (Å²) >= 11 is 0. The number of phenols is 1. The highest BCUT2D eigenvalue weighted by molar-refractivity contribution is 5.85. The smallest absolute Gasteiger partial charge is 0.120 e. The Morgan fingerprint density at radius 2 is 2.07 bits per heavy atom. The Morgan fingerprint density at radius 3 is 2.60 bits per heavy atom. The Morgan fingerprint density at radius 1 is 1.40 bits per heavy atom. The molecule has 1 aromatic rings. The molecule has 0 saturated heterocycles. The Balaban J connectivity index is 0.00000196. The van der Waals surface area contributed by atoms with Gasteiger partial charge in [-0.3, -0.25) is 0 Å². The summed E-state index contributed by atoms with van der Waals surface area (Å²) in [6.45, 7) is 4.79. The third-order valence-electron chi connectivity index (χ3n) is 2.61. The van der Waals surface area contributed by atoms with Gasteiger partial charge in [0.25, 0.3) is 0 Å². The van der Waals surface area contributed by atoms with E-state index in [0.717, 1.165) is 5.56 Å². The van der Waals surface area contributed by atoms with E-state index in [0.29, 0.717) is 18.2 Å². The Bertz CT molecular complexity index is 302. The molecular formula is C12H20ClNO. The van der Waals surface area contributed by atoms with Crippen molar-refractivity contribution in [3.63, 3.8) is 0 Å². The van der Waals surface area contributed by atoms with Crippen LogP contribution < -0.4 is 5.73 Å². The Labute approximate surface area is 97.9 Å². The summed E-state index contributed by atoms with van der Waals surface area (Å²) in [6.07, 6.45) is 2.36. The summed E-state index contributed by atoms with van der Waals surface area (Å²) in [4.78, 5) is 0. The van der Waals surface area contributed by atoms with Gasteiger partial charge in [0.2, 0.25) is 0 Å². The summed E-state index contributed by atoms with van der Waals surface area (Å²) < 4.78 is 0. The quantitative estimate of drug-likeness (QED) is 0.833. The first-order chi connectivity index (χ1) is 6.69. The molecule has 1 unspecified atom stereocenters. The van der Waals surface area contributed by atoms with Crippen LogP contribution in [0.25, 0.3) is 0 Å². The second kappa shape index (κ2) is 6.70. The van der Waals surface area contributed by atoms with Gasteiger partial charge >= 0.3 is 0 Å². The van der Waals surface area contributed by atoms with E-state index in [4.69, 9.17) is 5.73 Å². The molecule has 86 valence electrons. The largest absolute Gasteiger partial charge is 0.508 e. The van der Waals surface area contributed by atoms with Gasteiger partial charge in [0.05, 0.1) is 0 Å². The molecule has 0 aromatic heterocycles. The normalized spacial score (nSPS) is 11.9. The number of benzene rings is 1. The third-order valence-corrected chi connectivity index (χ3v) is 2.61. The SMILES string of the molecule is CCCC(C)c1ccc(O)c(CN)c1.Cl. The van der Waals surface area contributed by atoms with Crippen LogP contribution in [0.5, 0.6) is 5.75 Å². The average Bonchev–Trinajstić information content (AvgIpc) is 2.19. The summed E-state index contributed by atoms with van der Waals surface area (Å²) in [5.41, 5.74) is 7.64. The predicted octanol–water partition coefficient (Wildman–Crippen LogP) is 3.18. The highest BCUT2D eigenvalue weighted by Crippen LogP contribution is 2.25. The number of rotatable bonds is 4. The fraction of sp³-hybridized carbons (Fsp3) is 0.500. The van der Waals surface area contributed by atoms with Crippen LogP contribution in [0.2, 0.25) is 0 Å². The van der Waals surface area contributed by atoms with Crippen molar-refractivity contribution in [2.75, 3.05) is 0 Å². The third kappa shape index (κ3) is 3.73. The zero-order chi connectivity index (χ0) is 10.6. The van der Waals surface area contributed by atoms with E-state index in [1.165, 1.54) is 18.4 Å². The molecule has 15 heavy (non-hydrogen) atoms. The van der Waals surface area contributed by atoms with Gasteiger partial charge in [-0.05, 0) is 24.0 Å². The van der Waals surface area contributed by atoms with E-state index in [9.17, 15) is 5.11 Å². The topological polar surface area (TPSA) is 46.2 Å². The molecule has 1 atom stereocenters. The summed E-state index contributed by atoms with van der Waals surface area (Å²) in [5.74, 6) is 0.853. The second-order valence-corrected chi connectivity index (χ2v) is 3.78. The van der Waals surface area contributed by atoms with E-state index >= 15 is 0 Å². The molecule has 0 aliphatic carbocycles. The van der Waals surface area contributed by atoms with Crippen molar-refractivity contribution in [3.05, 3.63) is 29.3 Å². The number of hydrogen-bond donors (Lipinski definition) is 2. The maximum Gasteiger partial charge on any atom is 0.120 e. The van der Waals surface area contributed by atoms with Gasteiger partial charge in [-0.2, -0.15) is 0 Å². The first-order valence-corrected chi connectivity index (χ1v) is 5.20. The number of aromatic hydroxyl groups is 1. The lowest BCUT2D eigenvalue weighted by atomic mass is 9.95. The van der Waals surface area contributed by atoms with Crippen LogP contribution in [0, 0.1) is 0 Å². The minimum atomic E-state index is 0. The van der Waals surface area contributed by atoms with Crippen LogP contribution in [-0.4, -0.2) is 5.11 Å². The number of halogens is 1. The minimum Gasteiger partial charge on any atom is -0.508 e. The number of phenolic OH excluding ortho intramolecular Hbond substituents is 1. The van der Waals surface area contributed by atoms with Crippen molar-refractivity contribution < 1.29 is 5.11 Å². The second-order valence-electron chi connectivity index (χ2n) is 3.78. The maximum atomic E-state index is 9.47. The van der Waals surface area contributed by atoms with Gasteiger partial charge in [0, 0.05) is 12.1 Å². The average molecular weight is 230 g/mol. The summed E-state index contributed by atoms with van der Waals surface area (Å²) in [6, 6.07) is 5.73. The molecule has 0 fully saturated rings. The molecule has 0 spiro atoms. The van der Waals surface area contributed by atoms with E-state index in [1.807, 2.05) is 12.1 Å². The lowest BCUT2D eigenvalue weighted by Gasteiger charge is -2.12. The van der Waals surface area contributed by atoms with E-state index < -0.39 is 0 Å². The van der Waals surface area contributed by atoms with Crippen LogP contribution in [0.15, 0.2) is 18.2 Å². The zero-order valence-electron chi connectivity index (χ0n) is 9.36. The van der Waals surface area contributed by atoms with Gasteiger partial charge in [-0.1, -0.05) is 32.4 Å². The van der Waals surface area contributed by atoms with Gasteiger partial charge in [-0.15, -0.1) is 12.4 Å². The Kier molecular flexibility index (Phi) is 6.37. The molecular weight excluding hydrogens is 210 g/mol. The maximum absolute atomic E-state index is 9.47. The van der Waals surface area contributed by atoms with Crippen LogP contribution >= 0.6 is 12.4 Å². The molecule has 1 rings (SSSR count). The molecule has 3 heteroatoms. The Hall–Kier alpha value is -0.730. The van der Waals surface area contributed by atoms with Crippen molar-refractivity contribution in [1.29, 1.82) is 0 Å². The lowest BCUT2D eigenvalue weighted by molar-refractivity contribution is 0.467. The molecule has 0 aliphatic heterocycles. The van der Waals surface area contributed by atoms with Crippen LogP contribution in [-0.2, 0) is 6.54 Å². The fourth-order valence-electron chi connectivity index (χ4n) is 1.68. The van der Waals surface area contributed by atoms with Crippen LogP contribution in [0.1, 0.15) is 43.7 Å². The van der Waals surface area contributed by atoms with Gasteiger partial charge < -0.3 is 10.8 Å². The molecule has 3 N–H and O–H groups in total. The van der Waals surface area contributed by atoms with Gasteiger partial charge in [-0.25, -0.2) is 0 Å². The molecule has 0 saturated carbocycles. The van der Waals surface area contributed by atoms with Crippen molar-refractivity contribution in [1.82, 2.24) is 0 Å². The molecule has 0 radical (unpaired) electrons. The van der Waals surface area contributed by atoms with Gasteiger partial charge in [0.1, 0.15) is 5.75 Å². The molecule has 0 aliphatic rings. The number of hydrogen-bond acceptors (Lipinski definition) is 2. The first-order valence-electron chi connectivity index (χ1n) is 5.20. The lowest BCUT2D eigenvalue weighted by Crippen LogP contribution is -2.00. The molecule has 0 heterocycles. The zero-order valence-corrected chi connectivity index (χ0v) is 10.2. The molecule has 2 nitrogen and oxygen atoms in total.